The van der Waals surface area contributed by atoms with Crippen LogP contribution in [0.2, 0.25) is 0 Å². The molecule has 6 aromatic rings. The van der Waals surface area contributed by atoms with E-state index in [-0.39, 0.29) is 54.1 Å². The molecule has 0 unspecified atom stereocenters. The molecule has 92 heavy (non-hydrogen) atoms. The van der Waals surface area contributed by atoms with Gasteiger partial charge in [0.2, 0.25) is 0 Å². The Kier molecular flexibility index (Phi) is 21.4. The highest BCUT2D eigenvalue weighted by Gasteiger charge is 2.39. The van der Waals surface area contributed by atoms with E-state index in [9.17, 15) is 0 Å². The van der Waals surface area contributed by atoms with Crippen LogP contribution in [0, 0.1) is 0 Å². The molecule has 8 heteroatoms. The van der Waals surface area contributed by atoms with Crippen LogP contribution in [0.15, 0.2) is 97.1 Å². The molecule has 0 N–H and O–H groups in total. The molecule has 0 amide bonds. The molecule has 0 aliphatic heterocycles. The number of hydrogen-bond donors (Lipinski definition) is 0. The molecule has 6 aromatic carbocycles. The Balaban J connectivity index is 1.83. The van der Waals surface area contributed by atoms with Crippen molar-refractivity contribution in [2.75, 3.05) is 0 Å². The van der Waals surface area contributed by atoms with Gasteiger partial charge in [0.25, 0.3) is 0 Å². The molecule has 506 valence electrons. The van der Waals surface area contributed by atoms with Gasteiger partial charge in [-0.25, -0.2) is 0 Å². The van der Waals surface area contributed by atoms with Gasteiger partial charge in [-0.15, -0.1) is 0 Å². The molecular weight excluding hydrogens is 1170 g/mol. The van der Waals surface area contributed by atoms with Crippen molar-refractivity contribution in [3.63, 3.8) is 0 Å². The van der Waals surface area contributed by atoms with Gasteiger partial charge in [0, 0.05) is 44.5 Å². The maximum Gasteiger partial charge on any atom is 0.530 e. The van der Waals surface area contributed by atoms with Gasteiger partial charge in [-0.3, -0.25) is 0 Å². The van der Waals surface area contributed by atoms with E-state index in [1.165, 1.54) is 22.3 Å². The smallest absolute Gasteiger partial charge is 0.408 e. The summed E-state index contributed by atoms with van der Waals surface area (Å²) in [6.45, 7) is 81.7. The SMILES string of the molecule is CC(C)(C)c1ccc(OP(Oc2ccc(C(C)(C)C)cc2C(C)(C)C)Oc2c(-c3cc(C(C)(C)C)cc(C(C)(C)C)c3OP(Oc3ccc(C(C)(C)C)cc3C(C)(C)C)Oc3ccc(C(C)(C)C)cc3C(C)(C)C)cc(C(C)(C)C)cc2C(C)(C)C)c(C(C)(C)C)c1. The van der Waals surface area contributed by atoms with Crippen LogP contribution in [0.5, 0.6) is 34.5 Å². The summed E-state index contributed by atoms with van der Waals surface area (Å²) in [5.74, 6) is 4.19. The summed E-state index contributed by atoms with van der Waals surface area (Å²) in [6, 6.07) is 36.0. The van der Waals surface area contributed by atoms with Gasteiger partial charge in [-0.1, -0.05) is 310 Å². The average Bonchev–Trinajstić information content (AvgIpc) is 0.751. The normalized spacial score (nSPS) is 13.8. The molecule has 0 aliphatic rings. The molecule has 0 aliphatic carbocycles. The summed E-state index contributed by atoms with van der Waals surface area (Å²) in [5.41, 5.74) is 12.2. The topological polar surface area (TPSA) is 55.4 Å². The summed E-state index contributed by atoms with van der Waals surface area (Å²) in [5, 5.41) is 0. The van der Waals surface area contributed by atoms with E-state index in [0.29, 0.717) is 11.5 Å². The maximum absolute atomic E-state index is 7.96. The number of rotatable bonds is 13. The summed E-state index contributed by atoms with van der Waals surface area (Å²) in [6.07, 6.45) is 0. The molecule has 0 spiro atoms. The van der Waals surface area contributed by atoms with Gasteiger partial charge in [0.15, 0.2) is 0 Å². The van der Waals surface area contributed by atoms with Crippen molar-refractivity contribution in [3.05, 3.63) is 164 Å². The molecule has 0 bridgehead atoms. The first-order chi connectivity index (χ1) is 41.2. The fraction of sp³-hybridized carbons (Fsp3) is 0.571. The van der Waals surface area contributed by atoms with Crippen LogP contribution < -0.4 is 27.1 Å². The Bertz CT molecular complexity index is 3190. The first-order valence-electron chi connectivity index (χ1n) is 33.8. The van der Waals surface area contributed by atoms with Crippen molar-refractivity contribution in [1.82, 2.24) is 0 Å². The molecule has 0 saturated heterocycles. The molecule has 0 heterocycles. The first-order valence-corrected chi connectivity index (χ1v) is 36.0. The summed E-state index contributed by atoms with van der Waals surface area (Å²) in [7, 11) is -4.58. The largest absolute Gasteiger partial charge is 0.530 e. The molecule has 6 nitrogen and oxygen atoms in total. The molecule has 6 rings (SSSR count). The third kappa shape index (κ3) is 18.7. The van der Waals surface area contributed by atoms with Gasteiger partial charge in [-0.05, 0) is 135 Å². The Morgan fingerprint density at radius 2 is 0.359 bits per heavy atom. The lowest BCUT2D eigenvalue weighted by Crippen LogP contribution is -2.21. The molecule has 0 radical (unpaired) electrons. The molecule has 0 atom stereocenters. The van der Waals surface area contributed by atoms with E-state index in [4.69, 9.17) is 27.1 Å². The van der Waals surface area contributed by atoms with Crippen LogP contribution in [-0.4, -0.2) is 0 Å². The molecular formula is C84H124O6P2. The zero-order valence-electron chi connectivity index (χ0n) is 64.6. The van der Waals surface area contributed by atoms with E-state index in [0.717, 1.165) is 78.6 Å². The minimum atomic E-state index is -2.29. The van der Waals surface area contributed by atoms with Gasteiger partial charge in [-0.2, -0.15) is 0 Å². The number of benzene rings is 6. The third-order valence-electron chi connectivity index (χ3n) is 17.5. The molecule has 0 fully saturated rings. The lowest BCUT2D eigenvalue weighted by Gasteiger charge is -2.34. The number of hydrogen-bond acceptors (Lipinski definition) is 6. The van der Waals surface area contributed by atoms with Crippen molar-refractivity contribution < 1.29 is 27.1 Å². The standard InChI is InChI=1S/C84H124O6P2/c1-73(2,3)53-37-41-67(61(47-53)79(19,20)21)85-91(86-68-42-38-54(74(4,5)6)48-62(68)80(22,23)24)89-71-59(45-57(77(13,14)15)51-65(71)83(31,32)33)60-46-58(78(16,17)18)52-66(84(34,35)36)72(60)90-92(87-69-43-39-55(75(7,8)9)49-63(69)81(25,26)27)88-70-44-40-56(76(10,11)12)50-64(70)82(28,29)30/h37-52H,1-36H3. The summed E-state index contributed by atoms with van der Waals surface area (Å²) >= 11 is 0. The minimum absolute atomic E-state index is 0.0980. The highest BCUT2D eigenvalue weighted by atomic mass is 31.2. The Labute approximate surface area is 564 Å². The minimum Gasteiger partial charge on any atom is -0.408 e. The van der Waals surface area contributed by atoms with Gasteiger partial charge in [0.1, 0.15) is 34.5 Å². The van der Waals surface area contributed by atoms with Crippen molar-refractivity contribution in [2.45, 2.75) is 314 Å². The molecule has 0 aromatic heterocycles. The highest BCUT2D eigenvalue weighted by Crippen LogP contribution is 2.58. The fourth-order valence-corrected chi connectivity index (χ4v) is 13.3. The van der Waals surface area contributed by atoms with Crippen molar-refractivity contribution in [2.24, 2.45) is 0 Å². The van der Waals surface area contributed by atoms with Crippen LogP contribution in [0.25, 0.3) is 11.1 Å². The van der Waals surface area contributed by atoms with Gasteiger partial charge >= 0.3 is 17.2 Å². The van der Waals surface area contributed by atoms with Gasteiger partial charge in [0.05, 0.1) is 0 Å². The average molecular weight is 1290 g/mol. The summed E-state index contributed by atoms with van der Waals surface area (Å²) < 4.78 is 46.1. The van der Waals surface area contributed by atoms with Crippen LogP contribution in [0.3, 0.4) is 0 Å². The van der Waals surface area contributed by atoms with E-state index >= 15 is 0 Å². The van der Waals surface area contributed by atoms with Crippen LogP contribution in [0.1, 0.15) is 316 Å². The fourth-order valence-electron chi connectivity index (χ4n) is 11.1. The van der Waals surface area contributed by atoms with Crippen molar-refractivity contribution in [3.8, 4) is 45.6 Å². The van der Waals surface area contributed by atoms with Crippen LogP contribution in [0.4, 0.5) is 0 Å². The third-order valence-corrected chi connectivity index (χ3v) is 19.5. The Morgan fingerprint density at radius 3 is 0.522 bits per heavy atom. The monoisotopic (exact) mass is 1290 g/mol. The predicted molar refractivity (Wildman–Crippen MR) is 400 cm³/mol. The zero-order valence-corrected chi connectivity index (χ0v) is 66.4. The van der Waals surface area contributed by atoms with E-state index in [2.05, 4.69) is 346 Å². The maximum atomic E-state index is 7.96. The quantitative estimate of drug-likeness (QED) is 0.107. The van der Waals surface area contributed by atoms with Crippen molar-refractivity contribution in [1.29, 1.82) is 0 Å². The molecule has 0 saturated carbocycles. The van der Waals surface area contributed by atoms with Crippen LogP contribution in [-0.2, 0) is 65.0 Å². The highest BCUT2D eigenvalue weighted by molar-refractivity contribution is 7.43. The second-order valence-corrected chi connectivity index (χ2v) is 40.6. The predicted octanol–water partition coefficient (Wildman–Crippen LogP) is 26.5. The second kappa shape index (κ2) is 25.9. The van der Waals surface area contributed by atoms with E-state index in [1.807, 2.05) is 0 Å². The Hall–Kier alpha value is -5.02. The Morgan fingerprint density at radius 1 is 0.185 bits per heavy atom. The summed E-state index contributed by atoms with van der Waals surface area (Å²) in [4.78, 5) is 0. The van der Waals surface area contributed by atoms with E-state index in [1.54, 1.807) is 0 Å². The van der Waals surface area contributed by atoms with E-state index < -0.39 is 28.0 Å². The first kappa shape index (κ1) is 76.0. The second-order valence-electron chi connectivity index (χ2n) is 38.6. The van der Waals surface area contributed by atoms with Gasteiger partial charge < -0.3 is 27.1 Å². The zero-order chi connectivity index (χ0) is 70.3. The van der Waals surface area contributed by atoms with Crippen LogP contribution >= 0.6 is 17.2 Å². The lowest BCUT2D eigenvalue weighted by molar-refractivity contribution is 0.368. The lowest BCUT2D eigenvalue weighted by atomic mass is 9.75. The van der Waals surface area contributed by atoms with Crippen molar-refractivity contribution >= 4 is 17.2 Å².